The van der Waals surface area contributed by atoms with Gasteiger partial charge >= 0.3 is 6.18 Å². The van der Waals surface area contributed by atoms with Crippen LogP contribution in [0.5, 0.6) is 0 Å². The van der Waals surface area contributed by atoms with Crippen LogP contribution in [0.15, 0.2) is 42.5 Å². The minimum absolute atomic E-state index is 0.188. The second-order valence-corrected chi connectivity index (χ2v) is 4.99. The van der Waals surface area contributed by atoms with Gasteiger partial charge in [-0.2, -0.15) is 13.2 Å². The number of halogens is 3. The number of alkyl halides is 3. The van der Waals surface area contributed by atoms with Crippen molar-refractivity contribution < 1.29 is 18.3 Å². The molecule has 2 atom stereocenters. The van der Waals surface area contributed by atoms with Gasteiger partial charge in [-0.25, -0.2) is 0 Å². The van der Waals surface area contributed by atoms with E-state index in [-0.39, 0.29) is 11.9 Å². The smallest absolute Gasteiger partial charge is 0.391 e. The second kappa shape index (κ2) is 6.74. The van der Waals surface area contributed by atoms with Crippen LogP contribution in [0.1, 0.15) is 18.2 Å². The van der Waals surface area contributed by atoms with Crippen LogP contribution in [0.3, 0.4) is 0 Å². The molecule has 0 fully saturated rings. The molecule has 0 radical (unpaired) electrons. The summed E-state index contributed by atoms with van der Waals surface area (Å²) >= 11 is 0. The fourth-order valence-corrected chi connectivity index (χ4v) is 1.92. The van der Waals surface area contributed by atoms with Gasteiger partial charge in [0.25, 0.3) is 0 Å². The minimum Gasteiger partial charge on any atom is -0.391 e. The fourth-order valence-electron chi connectivity index (χ4n) is 1.92. The molecular weight excluding hydrogens is 295 g/mol. The van der Waals surface area contributed by atoms with E-state index in [1.807, 2.05) is 30.3 Å². The van der Waals surface area contributed by atoms with Crippen molar-refractivity contribution in [2.75, 3.05) is 5.32 Å². The lowest BCUT2D eigenvalue weighted by atomic mass is 10.0. The maximum atomic E-state index is 12.4. The summed E-state index contributed by atoms with van der Waals surface area (Å²) < 4.78 is 37.2. The van der Waals surface area contributed by atoms with Gasteiger partial charge in [0.1, 0.15) is 5.82 Å². The van der Waals surface area contributed by atoms with Crippen molar-refractivity contribution in [2.24, 2.45) is 0 Å². The van der Waals surface area contributed by atoms with Gasteiger partial charge in [0.05, 0.1) is 12.1 Å². The number of benzene rings is 1. The van der Waals surface area contributed by atoms with Crippen LogP contribution in [-0.2, 0) is 12.6 Å². The number of nitrogens with zero attached hydrogens (tertiary/aromatic N) is 2. The van der Waals surface area contributed by atoms with Crippen LogP contribution < -0.4 is 5.32 Å². The van der Waals surface area contributed by atoms with Gasteiger partial charge in [-0.05, 0) is 24.6 Å². The maximum Gasteiger partial charge on any atom is 0.435 e. The molecule has 0 spiro atoms. The summed E-state index contributed by atoms with van der Waals surface area (Å²) in [7, 11) is 0. The maximum absolute atomic E-state index is 12.4. The predicted molar refractivity (Wildman–Crippen MR) is 76.3 cm³/mol. The Morgan fingerprint density at radius 3 is 2.32 bits per heavy atom. The first-order valence-corrected chi connectivity index (χ1v) is 6.75. The average Bonchev–Trinajstić information content (AvgIpc) is 2.48. The molecular formula is C15H16F3N3O. The first-order chi connectivity index (χ1) is 10.4. The van der Waals surface area contributed by atoms with E-state index < -0.39 is 18.0 Å². The molecule has 2 unspecified atom stereocenters. The molecule has 2 aromatic rings. The molecule has 22 heavy (non-hydrogen) atoms. The number of rotatable bonds is 5. The van der Waals surface area contributed by atoms with Crippen LogP contribution in [0.2, 0.25) is 0 Å². The number of aliphatic hydroxyl groups excluding tert-OH is 1. The van der Waals surface area contributed by atoms with Crippen molar-refractivity contribution in [1.82, 2.24) is 10.2 Å². The van der Waals surface area contributed by atoms with Gasteiger partial charge in [-0.3, -0.25) is 0 Å². The topological polar surface area (TPSA) is 58.0 Å². The summed E-state index contributed by atoms with van der Waals surface area (Å²) in [5.41, 5.74) is -0.0716. The number of hydrogen-bond acceptors (Lipinski definition) is 4. The highest BCUT2D eigenvalue weighted by Gasteiger charge is 2.32. The average molecular weight is 311 g/mol. The summed E-state index contributed by atoms with van der Waals surface area (Å²) in [4.78, 5) is 0. The molecule has 0 bridgehead atoms. The molecule has 1 aromatic carbocycles. The van der Waals surface area contributed by atoms with Crippen LogP contribution >= 0.6 is 0 Å². The minimum atomic E-state index is -4.51. The molecule has 0 aliphatic rings. The SMILES string of the molecule is CC(Nc1ccc(C(F)(F)F)nn1)C(O)Cc1ccccc1. The Labute approximate surface area is 126 Å². The molecule has 118 valence electrons. The highest BCUT2D eigenvalue weighted by Crippen LogP contribution is 2.27. The Hall–Kier alpha value is -2.15. The zero-order chi connectivity index (χ0) is 16.2. The number of aromatic nitrogens is 2. The summed E-state index contributed by atoms with van der Waals surface area (Å²) in [6, 6.07) is 11.1. The number of anilines is 1. The number of nitrogens with one attached hydrogen (secondary N) is 1. The normalized spacial score (nSPS) is 14.4. The highest BCUT2D eigenvalue weighted by atomic mass is 19.4. The lowest BCUT2D eigenvalue weighted by molar-refractivity contribution is -0.141. The van der Waals surface area contributed by atoms with Crippen molar-refractivity contribution in [3.63, 3.8) is 0 Å². The largest absolute Gasteiger partial charge is 0.435 e. The third kappa shape index (κ3) is 4.42. The summed E-state index contributed by atoms with van der Waals surface area (Å²) in [5.74, 6) is 0.188. The zero-order valence-electron chi connectivity index (χ0n) is 11.9. The molecule has 2 N–H and O–H groups in total. The molecule has 0 saturated carbocycles. The highest BCUT2D eigenvalue weighted by molar-refractivity contribution is 5.35. The molecule has 0 saturated heterocycles. The third-order valence-electron chi connectivity index (χ3n) is 3.20. The van der Waals surface area contributed by atoms with Crippen molar-refractivity contribution in [3.05, 3.63) is 53.7 Å². The molecule has 4 nitrogen and oxygen atoms in total. The van der Waals surface area contributed by atoms with Crippen LogP contribution in [0.25, 0.3) is 0 Å². The molecule has 2 rings (SSSR count). The first-order valence-electron chi connectivity index (χ1n) is 6.75. The van der Waals surface area contributed by atoms with Gasteiger partial charge in [0.15, 0.2) is 5.69 Å². The number of aliphatic hydroxyl groups is 1. The van der Waals surface area contributed by atoms with Gasteiger partial charge in [0.2, 0.25) is 0 Å². The Morgan fingerprint density at radius 1 is 1.09 bits per heavy atom. The Kier molecular flexibility index (Phi) is 4.97. The van der Waals surface area contributed by atoms with Crippen LogP contribution in [-0.4, -0.2) is 27.4 Å². The van der Waals surface area contributed by atoms with E-state index in [0.29, 0.717) is 6.42 Å². The van der Waals surface area contributed by atoms with E-state index in [0.717, 1.165) is 11.6 Å². The van der Waals surface area contributed by atoms with Crippen molar-refractivity contribution in [1.29, 1.82) is 0 Å². The summed E-state index contributed by atoms with van der Waals surface area (Å²) in [6.45, 7) is 1.73. The molecule has 0 aliphatic heterocycles. The first kappa shape index (κ1) is 16.2. The molecule has 1 heterocycles. The van der Waals surface area contributed by atoms with Gasteiger partial charge in [-0.1, -0.05) is 30.3 Å². The Balaban J connectivity index is 1.95. The quantitative estimate of drug-likeness (QED) is 0.891. The lowest BCUT2D eigenvalue weighted by Gasteiger charge is -2.20. The van der Waals surface area contributed by atoms with Gasteiger partial charge in [-0.15, -0.1) is 10.2 Å². The third-order valence-corrected chi connectivity index (χ3v) is 3.20. The van der Waals surface area contributed by atoms with Gasteiger partial charge < -0.3 is 10.4 Å². The molecule has 0 aliphatic carbocycles. The standard InChI is InChI=1S/C15H16F3N3O/c1-10(12(22)9-11-5-3-2-4-6-11)19-14-8-7-13(20-21-14)15(16,17)18/h2-8,10,12,22H,9H2,1H3,(H,19,21). The molecule has 1 aromatic heterocycles. The van der Waals surface area contributed by atoms with E-state index in [2.05, 4.69) is 15.5 Å². The van der Waals surface area contributed by atoms with E-state index in [4.69, 9.17) is 0 Å². The predicted octanol–water partition coefficient (Wildman–Crippen LogP) is 2.90. The monoisotopic (exact) mass is 311 g/mol. The van der Waals surface area contributed by atoms with Crippen LogP contribution in [0.4, 0.5) is 19.0 Å². The van der Waals surface area contributed by atoms with Gasteiger partial charge in [0, 0.05) is 6.42 Å². The van der Waals surface area contributed by atoms with Crippen molar-refractivity contribution in [2.45, 2.75) is 31.7 Å². The Morgan fingerprint density at radius 2 is 1.77 bits per heavy atom. The van der Waals surface area contributed by atoms with E-state index >= 15 is 0 Å². The summed E-state index contributed by atoms with van der Waals surface area (Å²) in [5, 5.41) is 19.6. The van der Waals surface area contributed by atoms with E-state index in [1.165, 1.54) is 6.07 Å². The second-order valence-electron chi connectivity index (χ2n) is 4.99. The van der Waals surface area contributed by atoms with Crippen molar-refractivity contribution >= 4 is 5.82 Å². The summed E-state index contributed by atoms with van der Waals surface area (Å²) in [6.07, 6.45) is -4.78. The van der Waals surface area contributed by atoms with Crippen LogP contribution in [0, 0.1) is 0 Å². The molecule has 7 heteroatoms. The fraction of sp³-hybridized carbons (Fsp3) is 0.333. The van der Waals surface area contributed by atoms with E-state index in [9.17, 15) is 18.3 Å². The van der Waals surface area contributed by atoms with E-state index in [1.54, 1.807) is 6.92 Å². The van der Waals surface area contributed by atoms with Crippen molar-refractivity contribution in [3.8, 4) is 0 Å². The lowest BCUT2D eigenvalue weighted by Crippen LogP contribution is -2.32. The zero-order valence-corrected chi connectivity index (χ0v) is 11.9. The molecule has 0 amide bonds. The number of hydrogen-bond donors (Lipinski definition) is 2. The Bertz CT molecular complexity index is 587.